The fourth-order valence-electron chi connectivity index (χ4n) is 1.96. The van der Waals surface area contributed by atoms with E-state index in [9.17, 15) is 18.0 Å². The fraction of sp³-hybridized carbons (Fsp3) is 0.211. The first-order valence-electron chi connectivity index (χ1n) is 7.66. The number of ether oxygens (including phenoxy) is 1. The number of benzene rings is 2. The van der Waals surface area contributed by atoms with Crippen molar-refractivity contribution in [2.24, 2.45) is 0 Å². The normalized spacial score (nSPS) is 10.6. The summed E-state index contributed by atoms with van der Waals surface area (Å²) < 4.78 is 43.0. The Balaban J connectivity index is 1.79. The molecule has 136 valence electrons. The van der Waals surface area contributed by atoms with Crippen LogP contribution in [-0.2, 0) is 17.5 Å². The maximum absolute atomic E-state index is 12.7. The molecule has 26 heavy (non-hydrogen) atoms. The second-order valence-electron chi connectivity index (χ2n) is 5.23. The summed E-state index contributed by atoms with van der Waals surface area (Å²) in [6.45, 7) is 0.357. The Bertz CT molecular complexity index is 811. The van der Waals surface area contributed by atoms with E-state index in [4.69, 9.17) is 16.3 Å². The molecular weight excluding hydrogens is 367 g/mol. The quantitative estimate of drug-likeness (QED) is 0.596. The molecule has 0 atom stereocenters. The fourth-order valence-corrected chi connectivity index (χ4v) is 2.12. The monoisotopic (exact) mass is 381 g/mol. The highest BCUT2D eigenvalue weighted by Gasteiger charge is 2.30. The summed E-state index contributed by atoms with van der Waals surface area (Å²) >= 11 is 5.85. The van der Waals surface area contributed by atoms with Gasteiger partial charge < -0.3 is 10.1 Å². The average Bonchev–Trinajstić information content (AvgIpc) is 2.61. The van der Waals surface area contributed by atoms with E-state index < -0.39 is 17.8 Å². The number of alkyl carbamates (subject to hydrolysis) is 1. The molecule has 7 heteroatoms. The predicted molar refractivity (Wildman–Crippen MR) is 92.6 cm³/mol. The second-order valence-corrected chi connectivity index (χ2v) is 5.64. The lowest BCUT2D eigenvalue weighted by Crippen LogP contribution is -2.24. The predicted octanol–water partition coefficient (Wildman–Crippen LogP) is 5.03. The molecule has 0 fully saturated rings. The minimum absolute atomic E-state index is 0.0909. The van der Waals surface area contributed by atoms with Crippen LogP contribution in [0.1, 0.15) is 23.1 Å². The summed E-state index contributed by atoms with van der Waals surface area (Å²) in [5, 5.41) is 2.65. The van der Waals surface area contributed by atoms with Crippen LogP contribution in [0, 0.1) is 11.8 Å². The molecule has 0 heterocycles. The van der Waals surface area contributed by atoms with Crippen LogP contribution in [0.3, 0.4) is 0 Å². The van der Waals surface area contributed by atoms with Crippen molar-refractivity contribution < 1.29 is 22.7 Å². The zero-order valence-corrected chi connectivity index (χ0v) is 14.3. The van der Waals surface area contributed by atoms with Gasteiger partial charge in [-0.25, -0.2) is 4.79 Å². The SMILES string of the molecule is O=C(NCCC#Cc1cc(C(F)(F)F)ccc1Cl)OCc1ccccc1. The molecule has 0 saturated carbocycles. The van der Waals surface area contributed by atoms with Crippen LogP contribution in [-0.4, -0.2) is 12.6 Å². The number of carbonyl (C=O) groups excluding carboxylic acids is 1. The van der Waals surface area contributed by atoms with E-state index >= 15 is 0 Å². The standard InChI is InChI=1S/C19H15ClF3NO2/c20-17-10-9-16(19(21,22)23)12-15(17)8-4-5-11-24-18(25)26-13-14-6-2-1-3-7-14/h1-3,6-7,9-10,12H,5,11,13H2,(H,24,25). The third kappa shape index (κ3) is 6.34. The van der Waals surface area contributed by atoms with E-state index in [1.165, 1.54) is 0 Å². The van der Waals surface area contributed by atoms with Gasteiger partial charge in [-0.15, -0.1) is 0 Å². The van der Waals surface area contributed by atoms with Gasteiger partial charge in [-0.1, -0.05) is 53.8 Å². The number of nitrogens with one attached hydrogen (secondary N) is 1. The summed E-state index contributed by atoms with van der Waals surface area (Å²) in [5.74, 6) is 5.26. The summed E-state index contributed by atoms with van der Waals surface area (Å²) in [7, 11) is 0. The van der Waals surface area contributed by atoms with E-state index in [0.29, 0.717) is 0 Å². The Kier molecular flexibility index (Phi) is 6.93. The van der Waals surface area contributed by atoms with Gasteiger partial charge in [0, 0.05) is 18.5 Å². The Labute approximate surface area is 154 Å². The topological polar surface area (TPSA) is 38.3 Å². The van der Waals surface area contributed by atoms with Crippen LogP contribution in [0.15, 0.2) is 48.5 Å². The van der Waals surface area contributed by atoms with Gasteiger partial charge >= 0.3 is 12.3 Å². The molecule has 0 bridgehead atoms. The maximum Gasteiger partial charge on any atom is 0.416 e. The minimum atomic E-state index is -4.45. The molecule has 1 amide bonds. The first-order chi connectivity index (χ1) is 12.4. The molecular formula is C19H15ClF3NO2. The molecule has 0 saturated heterocycles. The van der Waals surface area contributed by atoms with E-state index in [1.54, 1.807) is 0 Å². The lowest BCUT2D eigenvalue weighted by Gasteiger charge is -2.07. The molecule has 0 spiro atoms. The van der Waals surface area contributed by atoms with Gasteiger partial charge in [0.2, 0.25) is 0 Å². The number of amides is 1. The van der Waals surface area contributed by atoms with Crippen molar-refractivity contribution in [2.75, 3.05) is 6.54 Å². The molecule has 0 unspecified atom stereocenters. The number of alkyl halides is 3. The van der Waals surface area contributed by atoms with Crippen molar-refractivity contribution in [1.82, 2.24) is 5.32 Å². The van der Waals surface area contributed by atoms with Crippen molar-refractivity contribution in [3.05, 3.63) is 70.2 Å². The smallest absolute Gasteiger partial charge is 0.416 e. The van der Waals surface area contributed by atoms with Crippen molar-refractivity contribution in [2.45, 2.75) is 19.2 Å². The zero-order chi connectivity index (χ0) is 19.0. The van der Waals surface area contributed by atoms with Crippen molar-refractivity contribution >= 4 is 17.7 Å². The second kappa shape index (κ2) is 9.16. The number of carbonyl (C=O) groups is 1. The van der Waals surface area contributed by atoms with Crippen molar-refractivity contribution in [3.63, 3.8) is 0 Å². The van der Waals surface area contributed by atoms with Crippen LogP contribution in [0.4, 0.5) is 18.0 Å². The van der Waals surface area contributed by atoms with Crippen LogP contribution < -0.4 is 5.32 Å². The molecule has 0 aliphatic carbocycles. The van der Waals surface area contributed by atoms with Gasteiger partial charge in [-0.2, -0.15) is 13.2 Å². The van der Waals surface area contributed by atoms with E-state index in [0.717, 1.165) is 23.8 Å². The molecule has 2 aromatic rings. The highest BCUT2D eigenvalue weighted by Crippen LogP contribution is 2.31. The molecule has 2 aromatic carbocycles. The molecule has 0 radical (unpaired) electrons. The Morgan fingerprint density at radius 3 is 2.58 bits per heavy atom. The number of hydrogen-bond donors (Lipinski definition) is 1. The lowest BCUT2D eigenvalue weighted by atomic mass is 10.1. The Morgan fingerprint density at radius 1 is 1.15 bits per heavy atom. The first kappa shape index (κ1) is 19.7. The van der Waals surface area contributed by atoms with Crippen molar-refractivity contribution in [1.29, 1.82) is 0 Å². The van der Waals surface area contributed by atoms with Gasteiger partial charge in [0.15, 0.2) is 0 Å². The summed E-state index contributed by atoms with van der Waals surface area (Å²) in [5.41, 5.74) is 0.142. The number of halogens is 4. The third-order valence-corrected chi connectivity index (χ3v) is 3.58. The van der Waals surface area contributed by atoms with Crippen LogP contribution in [0.2, 0.25) is 5.02 Å². The maximum atomic E-state index is 12.7. The van der Waals surface area contributed by atoms with E-state index in [1.807, 2.05) is 30.3 Å². The van der Waals surface area contributed by atoms with Gasteiger partial charge in [-0.3, -0.25) is 0 Å². The number of hydrogen-bond acceptors (Lipinski definition) is 2. The molecule has 3 nitrogen and oxygen atoms in total. The van der Waals surface area contributed by atoms with Gasteiger partial charge in [-0.05, 0) is 23.8 Å². The largest absolute Gasteiger partial charge is 0.445 e. The Morgan fingerprint density at radius 2 is 1.88 bits per heavy atom. The summed E-state index contributed by atoms with van der Waals surface area (Å²) in [6, 6.07) is 12.2. The highest BCUT2D eigenvalue weighted by molar-refractivity contribution is 6.31. The molecule has 0 aliphatic rings. The average molecular weight is 382 g/mol. The highest BCUT2D eigenvalue weighted by atomic mass is 35.5. The van der Waals surface area contributed by atoms with E-state index in [-0.39, 0.29) is 30.2 Å². The summed E-state index contributed by atoms with van der Waals surface area (Å²) in [6.07, 6.45) is -4.80. The van der Waals surface area contributed by atoms with Gasteiger partial charge in [0.1, 0.15) is 6.61 Å². The lowest BCUT2D eigenvalue weighted by molar-refractivity contribution is -0.137. The molecule has 0 aliphatic heterocycles. The van der Waals surface area contributed by atoms with Gasteiger partial charge in [0.25, 0.3) is 0 Å². The first-order valence-corrected chi connectivity index (χ1v) is 8.04. The number of rotatable bonds is 4. The molecule has 1 N–H and O–H groups in total. The minimum Gasteiger partial charge on any atom is -0.445 e. The van der Waals surface area contributed by atoms with Crippen LogP contribution >= 0.6 is 11.6 Å². The molecule has 2 rings (SSSR count). The van der Waals surface area contributed by atoms with Crippen LogP contribution in [0.5, 0.6) is 0 Å². The van der Waals surface area contributed by atoms with Crippen molar-refractivity contribution in [3.8, 4) is 11.8 Å². The Hall–Kier alpha value is -2.65. The third-order valence-electron chi connectivity index (χ3n) is 3.25. The van der Waals surface area contributed by atoms with Gasteiger partial charge in [0.05, 0.1) is 10.6 Å². The summed E-state index contributed by atoms with van der Waals surface area (Å²) in [4.78, 5) is 11.5. The van der Waals surface area contributed by atoms with E-state index in [2.05, 4.69) is 17.2 Å². The zero-order valence-electron chi connectivity index (χ0n) is 13.6. The van der Waals surface area contributed by atoms with Crippen LogP contribution in [0.25, 0.3) is 0 Å². The molecule has 0 aromatic heterocycles.